The zero-order valence-corrected chi connectivity index (χ0v) is 9.44. The van der Waals surface area contributed by atoms with Gasteiger partial charge in [0.1, 0.15) is 0 Å². The van der Waals surface area contributed by atoms with Crippen LogP contribution in [-0.4, -0.2) is 30.2 Å². The number of benzene rings is 1. The zero-order chi connectivity index (χ0) is 11.8. The van der Waals surface area contributed by atoms with Gasteiger partial charge in [-0.1, -0.05) is 18.2 Å². The van der Waals surface area contributed by atoms with Gasteiger partial charge in [-0.05, 0) is 25.5 Å². The van der Waals surface area contributed by atoms with Crippen LogP contribution in [-0.2, 0) is 4.79 Å². The number of hydrogen-bond donors (Lipinski definition) is 3. The molecule has 0 saturated heterocycles. The van der Waals surface area contributed by atoms with E-state index in [-0.39, 0.29) is 25.1 Å². The van der Waals surface area contributed by atoms with E-state index in [2.05, 4.69) is 10.6 Å². The molecule has 88 valence electrons. The monoisotopic (exact) mass is 222 g/mol. The minimum atomic E-state index is -0.0732. The molecule has 1 amide bonds. The first-order valence-electron chi connectivity index (χ1n) is 5.41. The van der Waals surface area contributed by atoms with E-state index in [1.165, 1.54) is 0 Å². The fraction of sp³-hybridized carbons (Fsp3) is 0.417. The van der Waals surface area contributed by atoms with Crippen LogP contribution in [0.5, 0.6) is 0 Å². The smallest absolute Gasteiger partial charge is 0.238 e. The van der Waals surface area contributed by atoms with E-state index in [4.69, 9.17) is 5.11 Å². The van der Waals surface area contributed by atoms with Gasteiger partial charge in [-0.15, -0.1) is 0 Å². The van der Waals surface area contributed by atoms with E-state index >= 15 is 0 Å². The largest absolute Gasteiger partial charge is 0.396 e. The molecular weight excluding hydrogens is 204 g/mol. The van der Waals surface area contributed by atoms with E-state index < -0.39 is 0 Å². The Morgan fingerprint density at radius 2 is 2.06 bits per heavy atom. The minimum absolute atomic E-state index is 0.0732. The summed E-state index contributed by atoms with van der Waals surface area (Å²) in [5, 5.41) is 14.5. The summed E-state index contributed by atoms with van der Waals surface area (Å²) in [6.45, 7) is 2.33. The Kier molecular flexibility index (Phi) is 5.53. The molecule has 0 aliphatic heterocycles. The van der Waals surface area contributed by atoms with Crippen molar-refractivity contribution in [1.82, 2.24) is 5.32 Å². The molecule has 3 N–H and O–H groups in total. The Bertz CT molecular complexity index is 314. The average molecular weight is 222 g/mol. The van der Waals surface area contributed by atoms with Crippen molar-refractivity contribution >= 4 is 11.6 Å². The maximum Gasteiger partial charge on any atom is 0.238 e. The maximum atomic E-state index is 11.5. The first-order chi connectivity index (χ1) is 7.72. The van der Waals surface area contributed by atoms with E-state index in [1.807, 2.05) is 37.3 Å². The molecule has 0 spiro atoms. The highest BCUT2D eigenvalue weighted by Gasteiger charge is 2.04. The van der Waals surface area contributed by atoms with Gasteiger partial charge in [-0.25, -0.2) is 0 Å². The molecule has 0 fully saturated rings. The summed E-state index contributed by atoms with van der Waals surface area (Å²) in [5.41, 5.74) is 0.795. The average Bonchev–Trinajstić information content (AvgIpc) is 2.28. The van der Waals surface area contributed by atoms with Crippen molar-refractivity contribution < 1.29 is 9.90 Å². The summed E-state index contributed by atoms with van der Waals surface area (Å²) in [6, 6.07) is 9.47. The van der Waals surface area contributed by atoms with Gasteiger partial charge in [0.2, 0.25) is 5.91 Å². The first kappa shape index (κ1) is 12.7. The van der Waals surface area contributed by atoms with E-state index in [0.717, 1.165) is 5.69 Å². The van der Waals surface area contributed by atoms with Gasteiger partial charge in [-0.2, -0.15) is 0 Å². The summed E-state index contributed by atoms with van der Waals surface area (Å²) in [4.78, 5) is 11.5. The lowest BCUT2D eigenvalue weighted by Gasteiger charge is -2.12. The third-order valence-corrected chi connectivity index (χ3v) is 2.23. The summed E-state index contributed by atoms with van der Waals surface area (Å²) >= 11 is 0. The molecule has 4 nitrogen and oxygen atoms in total. The van der Waals surface area contributed by atoms with Gasteiger partial charge in [0.15, 0.2) is 0 Å². The third kappa shape index (κ3) is 4.91. The van der Waals surface area contributed by atoms with Crippen LogP contribution in [0, 0.1) is 0 Å². The van der Waals surface area contributed by atoms with Crippen LogP contribution < -0.4 is 10.6 Å². The number of carbonyl (C=O) groups excluding carboxylic acids is 1. The molecule has 0 bridgehead atoms. The van der Waals surface area contributed by atoms with Crippen molar-refractivity contribution in [3.63, 3.8) is 0 Å². The van der Waals surface area contributed by atoms with Gasteiger partial charge in [-0.3, -0.25) is 4.79 Å². The Morgan fingerprint density at radius 1 is 1.38 bits per heavy atom. The Morgan fingerprint density at radius 3 is 2.69 bits per heavy atom. The van der Waals surface area contributed by atoms with Crippen LogP contribution in [0.25, 0.3) is 0 Å². The number of rotatable bonds is 6. The molecule has 1 rings (SSSR count). The molecule has 4 heteroatoms. The third-order valence-electron chi connectivity index (χ3n) is 2.23. The highest BCUT2D eigenvalue weighted by atomic mass is 16.3. The number of nitrogens with one attached hydrogen (secondary N) is 2. The number of hydrogen-bond acceptors (Lipinski definition) is 3. The Labute approximate surface area is 95.7 Å². The summed E-state index contributed by atoms with van der Waals surface area (Å²) in [7, 11) is 0. The maximum absolute atomic E-state index is 11.5. The first-order valence-corrected chi connectivity index (χ1v) is 5.41. The number of para-hydroxylation sites is 1. The number of amides is 1. The van der Waals surface area contributed by atoms with Crippen LogP contribution in [0.3, 0.4) is 0 Å². The van der Waals surface area contributed by atoms with E-state index in [1.54, 1.807) is 0 Å². The second kappa shape index (κ2) is 6.98. The predicted molar refractivity (Wildman–Crippen MR) is 64.2 cm³/mol. The number of anilines is 1. The summed E-state index contributed by atoms with van der Waals surface area (Å²) in [6.07, 6.45) is 0.651. The van der Waals surface area contributed by atoms with Crippen molar-refractivity contribution in [1.29, 1.82) is 0 Å². The summed E-state index contributed by atoms with van der Waals surface area (Å²) < 4.78 is 0. The van der Waals surface area contributed by atoms with Crippen molar-refractivity contribution in [2.45, 2.75) is 19.4 Å². The highest BCUT2D eigenvalue weighted by molar-refractivity contribution is 5.92. The molecule has 1 aromatic carbocycles. The molecular formula is C12H18N2O2. The molecule has 1 atom stereocenters. The van der Waals surface area contributed by atoms with Crippen LogP contribution in [0.1, 0.15) is 13.3 Å². The van der Waals surface area contributed by atoms with Gasteiger partial charge in [0.25, 0.3) is 0 Å². The minimum Gasteiger partial charge on any atom is -0.396 e. The van der Waals surface area contributed by atoms with E-state index in [0.29, 0.717) is 6.42 Å². The van der Waals surface area contributed by atoms with Gasteiger partial charge < -0.3 is 15.7 Å². The topological polar surface area (TPSA) is 61.4 Å². The predicted octanol–water partition coefficient (Wildman–Crippen LogP) is 0.986. The molecule has 1 unspecified atom stereocenters. The second-order valence-electron chi connectivity index (χ2n) is 3.71. The molecule has 1 aromatic rings. The fourth-order valence-electron chi connectivity index (χ4n) is 1.29. The van der Waals surface area contributed by atoms with Crippen molar-refractivity contribution in [3.05, 3.63) is 30.3 Å². The van der Waals surface area contributed by atoms with Crippen LogP contribution in [0.4, 0.5) is 5.69 Å². The van der Waals surface area contributed by atoms with Crippen molar-refractivity contribution in [2.24, 2.45) is 0 Å². The fourth-order valence-corrected chi connectivity index (χ4v) is 1.29. The number of aliphatic hydroxyl groups is 1. The molecule has 0 aromatic heterocycles. The SMILES string of the molecule is CC(CCO)NCC(=O)Nc1ccccc1. The van der Waals surface area contributed by atoms with Gasteiger partial charge in [0.05, 0.1) is 6.54 Å². The lowest BCUT2D eigenvalue weighted by molar-refractivity contribution is -0.115. The standard InChI is InChI=1S/C12H18N2O2/c1-10(7-8-15)13-9-12(16)14-11-5-3-2-4-6-11/h2-6,10,13,15H,7-9H2,1H3,(H,14,16). The normalized spacial score (nSPS) is 12.1. The molecule has 0 saturated carbocycles. The zero-order valence-electron chi connectivity index (χ0n) is 9.44. The number of aliphatic hydroxyl groups excluding tert-OH is 1. The molecule has 0 aliphatic carbocycles. The van der Waals surface area contributed by atoms with Crippen LogP contribution in [0.2, 0.25) is 0 Å². The Hall–Kier alpha value is -1.39. The Balaban J connectivity index is 2.26. The van der Waals surface area contributed by atoms with E-state index in [9.17, 15) is 4.79 Å². The molecule has 16 heavy (non-hydrogen) atoms. The summed E-state index contributed by atoms with van der Waals surface area (Å²) in [5.74, 6) is -0.0732. The van der Waals surface area contributed by atoms with Crippen molar-refractivity contribution in [3.8, 4) is 0 Å². The molecule has 0 radical (unpaired) electrons. The van der Waals surface area contributed by atoms with Gasteiger partial charge >= 0.3 is 0 Å². The lowest BCUT2D eigenvalue weighted by atomic mass is 10.2. The van der Waals surface area contributed by atoms with Crippen molar-refractivity contribution in [2.75, 3.05) is 18.5 Å². The second-order valence-corrected chi connectivity index (χ2v) is 3.71. The van der Waals surface area contributed by atoms with Crippen LogP contribution in [0.15, 0.2) is 30.3 Å². The van der Waals surface area contributed by atoms with Gasteiger partial charge in [0, 0.05) is 18.3 Å². The quantitative estimate of drug-likeness (QED) is 0.672. The highest BCUT2D eigenvalue weighted by Crippen LogP contribution is 2.04. The molecule has 0 aliphatic rings. The lowest BCUT2D eigenvalue weighted by Crippen LogP contribution is -2.34. The van der Waals surface area contributed by atoms with Crippen LogP contribution >= 0.6 is 0 Å². The number of carbonyl (C=O) groups is 1. The molecule has 0 heterocycles.